The van der Waals surface area contributed by atoms with Crippen LogP contribution >= 0.6 is 0 Å². The van der Waals surface area contributed by atoms with Crippen LogP contribution in [0.3, 0.4) is 0 Å². The molecule has 0 aliphatic rings. The standard InChI is InChI=1S/C11H18F2.C8H18.C2H5NO/c1-4-6-10(12)8-7-9(3)11(13)5-2;1-4-6-8(3)7-5-2;1-2(3)4/h7-8,10H,4-6H2,1-3H3;8H,4-7H2,1-3H3;1H3,(H2,3,4)/b8-7-,11-9+;;. The smallest absolute Gasteiger partial charge is 0.214 e. The molecule has 1 unspecified atom stereocenters. The van der Waals surface area contributed by atoms with E-state index in [9.17, 15) is 13.6 Å². The average molecular weight is 362 g/mol. The van der Waals surface area contributed by atoms with E-state index in [-0.39, 0.29) is 11.7 Å². The zero-order valence-electron chi connectivity index (χ0n) is 17.5. The van der Waals surface area contributed by atoms with Gasteiger partial charge in [0.1, 0.15) is 12.0 Å². The van der Waals surface area contributed by atoms with E-state index in [1.165, 1.54) is 44.8 Å². The fraction of sp³-hybridized carbons (Fsp3) is 0.762. The molecule has 1 atom stereocenters. The summed E-state index contributed by atoms with van der Waals surface area (Å²) in [4.78, 5) is 9.22. The van der Waals surface area contributed by atoms with Gasteiger partial charge in [0.05, 0.1) is 0 Å². The zero-order valence-corrected chi connectivity index (χ0v) is 17.5. The topological polar surface area (TPSA) is 43.1 Å². The van der Waals surface area contributed by atoms with Crippen molar-refractivity contribution < 1.29 is 13.6 Å². The summed E-state index contributed by atoms with van der Waals surface area (Å²) in [6, 6.07) is 0. The number of alkyl halides is 1. The molecule has 0 fully saturated rings. The first-order chi connectivity index (χ1) is 11.7. The lowest BCUT2D eigenvalue weighted by molar-refractivity contribution is -0.115. The lowest BCUT2D eigenvalue weighted by Gasteiger charge is -2.05. The highest BCUT2D eigenvalue weighted by Crippen LogP contribution is 2.12. The highest BCUT2D eigenvalue weighted by molar-refractivity contribution is 5.70. The van der Waals surface area contributed by atoms with Crippen molar-refractivity contribution in [3.63, 3.8) is 0 Å². The van der Waals surface area contributed by atoms with Gasteiger partial charge in [0.15, 0.2) is 0 Å². The van der Waals surface area contributed by atoms with Crippen LogP contribution in [0.25, 0.3) is 0 Å². The monoisotopic (exact) mass is 361 g/mol. The van der Waals surface area contributed by atoms with Gasteiger partial charge in [-0.2, -0.15) is 0 Å². The number of carbonyl (C=O) groups excluding carboxylic acids is 1. The van der Waals surface area contributed by atoms with Gasteiger partial charge in [0.2, 0.25) is 5.91 Å². The van der Waals surface area contributed by atoms with E-state index < -0.39 is 6.17 Å². The fourth-order valence-electron chi connectivity index (χ4n) is 2.12. The summed E-state index contributed by atoms with van der Waals surface area (Å²) < 4.78 is 25.8. The summed E-state index contributed by atoms with van der Waals surface area (Å²) in [5, 5.41) is 0. The quantitative estimate of drug-likeness (QED) is 0.439. The molecule has 0 saturated heterocycles. The van der Waals surface area contributed by atoms with Gasteiger partial charge in [-0.3, -0.25) is 4.79 Å². The Bertz CT molecular complexity index is 355. The number of carbonyl (C=O) groups is 1. The average Bonchev–Trinajstić information content (AvgIpc) is 2.52. The molecule has 0 spiro atoms. The van der Waals surface area contributed by atoms with E-state index >= 15 is 0 Å². The van der Waals surface area contributed by atoms with Crippen molar-refractivity contribution >= 4 is 5.91 Å². The van der Waals surface area contributed by atoms with Gasteiger partial charge in [-0.05, 0) is 31.3 Å². The van der Waals surface area contributed by atoms with Crippen molar-refractivity contribution in [3.8, 4) is 0 Å². The minimum atomic E-state index is -0.940. The molecule has 2 N–H and O–H groups in total. The van der Waals surface area contributed by atoms with E-state index in [0.29, 0.717) is 18.4 Å². The zero-order chi connectivity index (χ0) is 20.3. The molecule has 0 aromatic heterocycles. The summed E-state index contributed by atoms with van der Waals surface area (Å²) in [6.07, 6.45) is 9.23. The van der Waals surface area contributed by atoms with E-state index in [0.717, 1.165) is 12.3 Å². The van der Waals surface area contributed by atoms with Crippen LogP contribution in [0.5, 0.6) is 0 Å². The molecule has 1 amide bonds. The summed E-state index contributed by atoms with van der Waals surface area (Å²) in [5.41, 5.74) is 5.00. The number of rotatable bonds is 9. The van der Waals surface area contributed by atoms with Gasteiger partial charge < -0.3 is 5.73 Å². The molecule has 0 saturated carbocycles. The van der Waals surface area contributed by atoms with Gasteiger partial charge in [-0.1, -0.05) is 78.9 Å². The minimum absolute atomic E-state index is 0.167. The molecule has 25 heavy (non-hydrogen) atoms. The Balaban J connectivity index is -0.000000342. The van der Waals surface area contributed by atoms with Crippen molar-refractivity contribution in [2.24, 2.45) is 11.7 Å². The van der Waals surface area contributed by atoms with E-state index in [2.05, 4.69) is 26.5 Å². The van der Waals surface area contributed by atoms with Crippen LogP contribution in [0, 0.1) is 5.92 Å². The van der Waals surface area contributed by atoms with Crippen LogP contribution in [0.1, 0.15) is 93.4 Å². The Kier molecular flexibility index (Phi) is 23.9. The second kappa shape index (κ2) is 20.9. The molecule has 0 rings (SSSR count). The maximum atomic E-state index is 12.9. The Morgan fingerprint density at radius 3 is 1.72 bits per heavy atom. The van der Waals surface area contributed by atoms with Crippen molar-refractivity contribution in [1.29, 1.82) is 0 Å². The number of primary amides is 1. The Morgan fingerprint density at radius 2 is 1.40 bits per heavy atom. The van der Waals surface area contributed by atoms with Crippen molar-refractivity contribution in [2.75, 3.05) is 0 Å². The van der Waals surface area contributed by atoms with Crippen LogP contribution in [-0.2, 0) is 4.79 Å². The summed E-state index contributed by atoms with van der Waals surface area (Å²) in [5.74, 6) is 0.463. The minimum Gasteiger partial charge on any atom is -0.370 e. The third kappa shape index (κ3) is 27.9. The van der Waals surface area contributed by atoms with Gasteiger partial charge in [-0.25, -0.2) is 8.78 Å². The number of hydrogen-bond donors (Lipinski definition) is 1. The molecule has 4 heteroatoms. The maximum Gasteiger partial charge on any atom is 0.214 e. The highest BCUT2D eigenvalue weighted by atomic mass is 19.1. The van der Waals surface area contributed by atoms with Crippen molar-refractivity contribution in [3.05, 3.63) is 23.6 Å². The molecule has 0 aromatic carbocycles. The predicted octanol–water partition coefficient (Wildman–Crippen LogP) is 7.05. The number of halogens is 2. The number of hydrogen-bond acceptors (Lipinski definition) is 1. The van der Waals surface area contributed by atoms with Crippen LogP contribution in [0.2, 0.25) is 0 Å². The lowest BCUT2D eigenvalue weighted by Crippen LogP contribution is -2.01. The van der Waals surface area contributed by atoms with Crippen LogP contribution < -0.4 is 5.73 Å². The molecule has 0 aromatic rings. The number of nitrogens with two attached hydrogens (primary N) is 1. The van der Waals surface area contributed by atoms with Gasteiger partial charge in [0, 0.05) is 6.92 Å². The van der Waals surface area contributed by atoms with Gasteiger partial charge in [-0.15, -0.1) is 0 Å². The molecule has 0 aliphatic heterocycles. The molecular weight excluding hydrogens is 320 g/mol. The molecular formula is C21H41F2NO. The van der Waals surface area contributed by atoms with E-state index in [1.807, 2.05) is 6.92 Å². The second-order valence-electron chi connectivity index (χ2n) is 6.40. The molecule has 0 aliphatic carbocycles. The first-order valence-electron chi connectivity index (χ1n) is 9.59. The molecule has 2 nitrogen and oxygen atoms in total. The van der Waals surface area contributed by atoms with Crippen LogP contribution in [0.15, 0.2) is 23.6 Å². The Labute approximate surface area is 155 Å². The molecule has 150 valence electrons. The van der Waals surface area contributed by atoms with E-state index in [4.69, 9.17) is 0 Å². The largest absolute Gasteiger partial charge is 0.370 e. The predicted molar refractivity (Wildman–Crippen MR) is 107 cm³/mol. The Morgan fingerprint density at radius 1 is 1.00 bits per heavy atom. The summed E-state index contributed by atoms with van der Waals surface area (Å²) in [6.45, 7) is 13.5. The van der Waals surface area contributed by atoms with Crippen LogP contribution in [0.4, 0.5) is 8.78 Å². The number of amides is 1. The second-order valence-corrected chi connectivity index (χ2v) is 6.40. The highest BCUT2D eigenvalue weighted by Gasteiger charge is 2.00. The first-order valence-corrected chi connectivity index (χ1v) is 9.59. The summed E-state index contributed by atoms with van der Waals surface area (Å²) >= 11 is 0. The van der Waals surface area contributed by atoms with Crippen molar-refractivity contribution in [2.45, 2.75) is 99.6 Å². The van der Waals surface area contributed by atoms with E-state index in [1.54, 1.807) is 13.8 Å². The molecule has 0 bridgehead atoms. The number of allylic oxidation sites excluding steroid dienone is 4. The van der Waals surface area contributed by atoms with Crippen LogP contribution in [-0.4, -0.2) is 12.1 Å². The van der Waals surface area contributed by atoms with Crippen molar-refractivity contribution in [1.82, 2.24) is 0 Å². The maximum absolute atomic E-state index is 12.9. The third-order valence-corrected chi connectivity index (χ3v) is 3.42. The molecule has 0 heterocycles. The SMILES string of the molecule is CC(N)=O.CCCC(C)CCC.CCCC(F)/C=C\C(C)=C(\F)CC. The normalized spacial score (nSPS) is 12.7. The van der Waals surface area contributed by atoms with Gasteiger partial charge >= 0.3 is 0 Å². The molecule has 0 radical (unpaired) electrons. The summed E-state index contributed by atoms with van der Waals surface area (Å²) in [7, 11) is 0. The first kappa shape index (κ1) is 28.6. The Hall–Kier alpha value is -1.19. The fourth-order valence-corrected chi connectivity index (χ4v) is 2.12. The lowest BCUT2D eigenvalue weighted by atomic mass is 10.0. The van der Waals surface area contributed by atoms with Gasteiger partial charge in [0.25, 0.3) is 0 Å². The third-order valence-electron chi connectivity index (χ3n) is 3.42.